The number of fused-ring (bicyclic) bond motifs is 1. The molecule has 0 atom stereocenters. The molecular formula is C25H28FN7O5S. The second-order valence-corrected chi connectivity index (χ2v) is 11.7. The Kier molecular flexibility index (Phi) is 7.18. The lowest BCUT2D eigenvalue weighted by Crippen LogP contribution is -2.48. The molecule has 1 aliphatic carbocycles. The zero-order valence-corrected chi connectivity index (χ0v) is 22.2. The fourth-order valence-corrected chi connectivity index (χ4v) is 6.77. The van der Waals surface area contributed by atoms with Crippen LogP contribution in [0, 0.1) is 15.9 Å². The van der Waals surface area contributed by atoms with E-state index in [-0.39, 0.29) is 47.2 Å². The van der Waals surface area contributed by atoms with Crippen molar-refractivity contribution in [3.8, 4) is 5.95 Å². The van der Waals surface area contributed by atoms with Gasteiger partial charge in [0.1, 0.15) is 11.3 Å². The summed E-state index contributed by atoms with van der Waals surface area (Å²) >= 11 is 0. The number of para-hydroxylation sites is 2. The number of hydrogen-bond donors (Lipinski definition) is 1. The summed E-state index contributed by atoms with van der Waals surface area (Å²) in [4.78, 5) is 14.9. The number of nitrogens with two attached hydrogens (primary N) is 1. The molecule has 12 nitrogen and oxygen atoms in total. The smallest absolute Gasteiger partial charge is 0.291 e. The summed E-state index contributed by atoms with van der Waals surface area (Å²) in [5.41, 5.74) is 6.12. The third-order valence-electron chi connectivity index (χ3n) is 6.95. The summed E-state index contributed by atoms with van der Waals surface area (Å²) < 4.78 is 49.9. The van der Waals surface area contributed by atoms with Crippen LogP contribution >= 0.6 is 0 Å². The van der Waals surface area contributed by atoms with Gasteiger partial charge in [-0.25, -0.2) is 12.8 Å². The molecule has 0 unspecified atom stereocenters. The van der Waals surface area contributed by atoms with Crippen molar-refractivity contribution < 1.29 is 22.3 Å². The first-order valence-corrected chi connectivity index (χ1v) is 14.0. The quantitative estimate of drug-likeness (QED) is 0.225. The van der Waals surface area contributed by atoms with E-state index in [4.69, 9.17) is 10.3 Å². The Morgan fingerprint density at radius 1 is 1.23 bits per heavy atom. The highest BCUT2D eigenvalue weighted by Crippen LogP contribution is 2.42. The number of halogens is 1. The van der Waals surface area contributed by atoms with Crippen LogP contribution in [0.25, 0.3) is 16.9 Å². The van der Waals surface area contributed by atoms with Crippen LogP contribution in [-0.2, 0) is 10.0 Å². The molecule has 1 aliphatic rings. The molecule has 206 valence electrons. The topological polar surface area (TPSA) is 163 Å². The number of sulfonamides is 1. The van der Waals surface area contributed by atoms with Crippen LogP contribution in [0.4, 0.5) is 10.1 Å². The van der Waals surface area contributed by atoms with Crippen molar-refractivity contribution >= 4 is 26.6 Å². The molecule has 39 heavy (non-hydrogen) atoms. The van der Waals surface area contributed by atoms with Crippen molar-refractivity contribution in [1.82, 2.24) is 24.2 Å². The summed E-state index contributed by atoms with van der Waals surface area (Å²) in [6, 6.07) is 9.62. The van der Waals surface area contributed by atoms with E-state index in [1.54, 1.807) is 12.1 Å². The van der Waals surface area contributed by atoms with E-state index in [9.17, 15) is 22.9 Å². The first-order valence-electron chi connectivity index (χ1n) is 12.6. The number of rotatable bonds is 10. The van der Waals surface area contributed by atoms with Crippen LogP contribution < -0.4 is 5.73 Å². The molecule has 4 aromatic rings. The molecule has 2 N–H and O–H groups in total. The third-order valence-corrected chi connectivity index (χ3v) is 8.95. The second kappa shape index (κ2) is 10.4. The van der Waals surface area contributed by atoms with Gasteiger partial charge in [-0.05, 0) is 49.0 Å². The monoisotopic (exact) mass is 557 g/mol. The lowest BCUT2D eigenvalue weighted by Gasteiger charge is -2.40. The Bertz CT molecular complexity index is 1630. The van der Waals surface area contributed by atoms with Gasteiger partial charge < -0.3 is 10.3 Å². The van der Waals surface area contributed by atoms with E-state index in [1.807, 2.05) is 13.8 Å². The number of nitro benzene ring substituents is 1. The van der Waals surface area contributed by atoms with Gasteiger partial charge in [0.25, 0.3) is 11.6 Å². The van der Waals surface area contributed by atoms with E-state index < -0.39 is 32.5 Å². The van der Waals surface area contributed by atoms with Gasteiger partial charge >= 0.3 is 0 Å². The Balaban J connectivity index is 1.40. The van der Waals surface area contributed by atoms with Gasteiger partial charge in [0, 0.05) is 30.0 Å². The molecule has 0 saturated heterocycles. The van der Waals surface area contributed by atoms with E-state index in [0.29, 0.717) is 30.3 Å². The Labute approximate surface area is 223 Å². The van der Waals surface area contributed by atoms with Gasteiger partial charge in [0.05, 0.1) is 10.6 Å². The average molecular weight is 558 g/mol. The zero-order valence-electron chi connectivity index (χ0n) is 21.4. The fraction of sp³-hybridized carbons (Fsp3) is 0.400. The molecule has 1 saturated carbocycles. The molecule has 2 aromatic carbocycles. The Morgan fingerprint density at radius 3 is 2.67 bits per heavy atom. The van der Waals surface area contributed by atoms with E-state index in [2.05, 4.69) is 15.2 Å². The van der Waals surface area contributed by atoms with Crippen LogP contribution in [0.3, 0.4) is 0 Å². The molecule has 0 radical (unpaired) electrons. The summed E-state index contributed by atoms with van der Waals surface area (Å²) in [7, 11) is -4.17. The Morgan fingerprint density at radius 2 is 1.97 bits per heavy atom. The molecule has 14 heteroatoms. The molecule has 0 aliphatic heterocycles. The number of benzene rings is 2. The van der Waals surface area contributed by atoms with Crippen molar-refractivity contribution in [1.29, 1.82) is 0 Å². The van der Waals surface area contributed by atoms with Gasteiger partial charge in [0.15, 0.2) is 4.90 Å². The summed E-state index contributed by atoms with van der Waals surface area (Å²) in [6.45, 7) is 4.30. The van der Waals surface area contributed by atoms with Gasteiger partial charge in [-0.3, -0.25) is 10.1 Å². The minimum absolute atomic E-state index is 0.0382. The predicted molar refractivity (Wildman–Crippen MR) is 139 cm³/mol. The van der Waals surface area contributed by atoms with Crippen LogP contribution in [0.2, 0.25) is 0 Å². The number of nitrogens with zero attached hydrogens (tertiary/aromatic N) is 6. The summed E-state index contributed by atoms with van der Waals surface area (Å²) in [5.74, 6) is -0.292. The molecule has 2 aromatic heterocycles. The highest BCUT2D eigenvalue weighted by Gasteiger charge is 2.44. The van der Waals surface area contributed by atoms with Crippen LogP contribution in [-0.4, -0.2) is 56.7 Å². The SMILES string of the molecule is CC(C)c1nn(-c2noc(C3CC(N(CCCN)S(=O)(=O)c4ccccc4[N+](=O)[O-])C3)n2)c2c(F)cccc12. The second-order valence-electron chi connectivity index (χ2n) is 9.83. The normalized spacial score (nSPS) is 17.7. The van der Waals surface area contributed by atoms with E-state index in [1.165, 1.54) is 39.3 Å². The lowest BCUT2D eigenvalue weighted by atomic mass is 9.80. The van der Waals surface area contributed by atoms with Crippen molar-refractivity contribution in [3.05, 3.63) is 70.0 Å². The van der Waals surface area contributed by atoms with Crippen molar-refractivity contribution in [2.24, 2.45) is 5.73 Å². The number of hydrogen-bond acceptors (Lipinski definition) is 9. The maximum Gasteiger partial charge on any atom is 0.291 e. The van der Waals surface area contributed by atoms with E-state index in [0.717, 1.165) is 0 Å². The highest BCUT2D eigenvalue weighted by molar-refractivity contribution is 7.89. The Hall–Kier alpha value is -3.75. The predicted octanol–water partition coefficient (Wildman–Crippen LogP) is 3.86. The highest BCUT2D eigenvalue weighted by atomic mass is 32.2. The number of aromatic nitrogens is 4. The molecule has 5 rings (SSSR count). The molecule has 0 bridgehead atoms. The van der Waals surface area contributed by atoms with Crippen molar-refractivity contribution in [3.63, 3.8) is 0 Å². The minimum atomic E-state index is -4.17. The van der Waals surface area contributed by atoms with Gasteiger partial charge in [-0.15, -0.1) is 0 Å². The number of nitro groups is 1. The minimum Gasteiger partial charge on any atom is -0.337 e. The van der Waals surface area contributed by atoms with Gasteiger partial charge in [0.2, 0.25) is 15.9 Å². The van der Waals surface area contributed by atoms with Crippen molar-refractivity contribution in [2.75, 3.05) is 13.1 Å². The van der Waals surface area contributed by atoms with Crippen LogP contribution in [0.15, 0.2) is 51.9 Å². The lowest BCUT2D eigenvalue weighted by molar-refractivity contribution is -0.387. The zero-order chi connectivity index (χ0) is 27.9. The molecular weight excluding hydrogens is 529 g/mol. The first-order chi connectivity index (χ1) is 18.6. The van der Waals surface area contributed by atoms with Crippen molar-refractivity contribution in [2.45, 2.75) is 55.9 Å². The van der Waals surface area contributed by atoms with Gasteiger partial charge in [-0.2, -0.15) is 19.1 Å². The maximum atomic E-state index is 14.8. The van der Waals surface area contributed by atoms with Gasteiger partial charge in [-0.1, -0.05) is 38.1 Å². The summed E-state index contributed by atoms with van der Waals surface area (Å²) in [5, 5.41) is 20.7. The average Bonchev–Trinajstić information content (AvgIpc) is 3.51. The standard InChI is InChI=1S/C25H28FN7O5S/c1-15(2)22-18-7-5-8-19(26)23(18)32(29-22)25-28-24(38-30-25)16-13-17(14-16)31(12-6-11-27)39(36,37)21-10-4-3-9-20(21)33(34)35/h3-5,7-10,15-17H,6,11-14,27H2,1-2H3. The molecule has 1 fully saturated rings. The van der Waals surface area contributed by atoms with Crippen LogP contribution in [0.5, 0.6) is 0 Å². The summed E-state index contributed by atoms with van der Waals surface area (Å²) in [6.07, 6.45) is 1.14. The maximum absolute atomic E-state index is 14.8. The molecule has 0 spiro atoms. The largest absolute Gasteiger partial charge is 0.337 e. The van der Waals surface area contributed by atoms with E-state index >= 15 is 0 Å². The fourth-order valence-electron chi connectivity index (χ4n) is 4.92. The molecule has 2 heterocycles. The van der Waals surface area contributed by atoms with Crippen LogP contribution in [0.1, 0.15) is 56.5 Å². The third kappa shape index (κ3) is 4.79. The molecule has 0 amide bonds. The first kappa shape index (κ1) is 26.8.